The van der Waals surface area contributed by atoms with E-state index in [2.05, 4.69) is 4.98 Å². The van der Waals surface area contributed by atoms with Gasteiger partial charge >= 0.3 is 0 Å². The molecule has 124 valence electrons. The van der Waals surface area contributed by atoms with E-state index in [1.54, 1.807) is 42.6 Å². The third-order valence-corrected chi connectivity index (χ3v) is 4.15. The monoisotopic (exact) mass is 331 g/mol. The second kappa shape index (κ2) is 6.54. The molecule has 0 radical (unpaired) electrons. The average molecular weight is 331 g/mol. The summed E-state index contributed by atoms with van der Waals surface area (Å²) in [4.78, 5) is 4.31. The number of rotatable bonds is 3. The molecule has 0 amide bonds. The van der Waals surface area contributed by atoms with E-state index in [9.17, 15) is 10.2 Å². The normalized spacial score (nSPS) is 10.4. The van der Waals surface area contributed by atoms with Crippen molar-refractivity contribution in [2.75, 3.05) is 5.73 Å². The Morgan fingerprint density at radius 3 is 2.40 bits per heavy atom. The van der Waals surface area contributed by atoms with Gasteiger partial charge in [0, 0.05) is 17.3 Å². The maximum atomic E-state index is 9.73. The van der Waals surface area contributed by atoms with Crippen LogP contribution in [0, 0.1) is 11.3 Å². The zero-order valence-corrected chi connectivity index (χ0v) is 13.7. The van der Waals surface area contributed by atoms with E-state index in [4.69, 9.17) is 11.0 Å². The molecule has 5 nitrogen and oxygen atoms in total. The fourth-order valence-corrected chi connectivity index (χ4v) is 2.93. The van der Waals surface area contributed by atoms with Gasteiger partial charge in [-0.2, -0.15) is 5.26 Å². The average Bonchev–Trinajstić information content (AvgIpc) is 2.63. The maximum Gasteiger partial charge on any atom is 0.133 e. The molecule has 0 aliphatic heterocycles. The topological polar surface area (TPSA) is 103 Å². The molecule has 0 atom stereocenters. The molecule has 0 aliphatic rings. The molecule has 5 heteroatoms. The van der Waals surface area contributed by atoms with Gasteiger partial charge in [-0.05, 0) is 47.4 Å². The minimum Gasteiger partial charge on any atom is -0.508 e. The van der Waals surface area contributed by atoms with E-state index in [0.717, 1.165) is 27.8 Å². The summed E-state index contributed by atoms with van der Waals surface area (Å²) in [5, 5.41) is 28.4. The van der Waals surface area contributed by atoms with Gasteiger partial charge in [-0.1, -0.05) is 25.1 Å². The molecule has 3 rings (SSSR count). The van der Waals surface area contributed by atoms with Gasteiger partial charge in [-0.3, -0.25) is 0 Å². The van der Waals surface area contributed by atoms with Crippen LogP contribution in [-0.2, 0) is 6.42 Å². The number of nitrogens with zero attached hydrogens (tertiary/aromatic N) is 2. The number of benzene rings is 2. The Morgan fingerprint density at radius 1 is 1.08 bits per heavy atom. The Balaban J connectivity index is 2.24. The van der Waals surface area contributed by atoms with E-state index in [1.165, 1.54) is 6.07 Å². The van der Waals surface area contributed by atoms with Crippen LogP contribution in [0.15, 0.2) is 48.7 Å². The molecule has 0 bridgehead atoms. The van der Waals surface area contributed by atoms with Crippen molar-refractivity contribution < 1.29 is 10.2 Å². The van der Waals surface area contributed by atoms with Gasteiger partial charge in [0.1, 0.15) is 23.4 Å². The number of aromatic hydroxyl groups is 2. The van der Waals surface area contributed by atoms with Gasteiger partial charge in [-0.15, -0.1) is 0 Å². The lowest BCUT2D eigenvalue weighted by Gasteiger charge is -2.16. The largest absolute Gasteiger partial charge is 0.508 e. The predicted molar refractivity (Wildman–Crippen MR) is 96.9 cm³/mol. The summed E-state index contributed by atoms with van der Waals surface area (Å²) in [5.41, 5.74) is 10.7. The van der Waals surface area contributed by atoms with Crippen LogP contribution in [0.1, 0.15) is 18.1 Å². The molecule has 0 spiro atoms. The third-order valence-electron chi connectivity index (χ3n) is 4.15. The summed E-state index contributed by atoms with van der Waals surface area (Å²) >= 11 is 0. The molecule has 0 saturated heterocycles. The summed E-state index contributed by atoms with van der Waals surface area (Å²) in [5.74, 6) is 0.540. The number of hydrogen-bond donors (Lipinski definition) is 3. The second-order valence-corrected chi connectivity index (χ2v) is 5.65. The second-order valence-electron chi connectivity index (χ2n) is 5.65. The standard InChI is InChI=1S/C20H17N3O2/c1-2-16-17(13-5-8-18(25)14(9-13)10-21)11-23-20(22)19(16)12-3-6-15(24)7-4-12/h3-9,11,24-25H,2H2,1H3,(H2,22,23). The highest BCUT2D eigenvalue weighted by atomic mass is 16.3. The van der Waals surface area contributed by atoms with E-state index >= 15 is 0 Å². The number of nitrogen functional groups attached to an aromatic ring is 1. The van der Waals surface area contributed by atoms with Crippen molar-refractivity contribution in [1.29, 1.82) is 5.26 Å². The summed E-state index contributed by atoms with van der Waals surface area (Å²) in [6, 6.07) is 13.7. The van der Waals surface area contributed by atoms with Gasteiger partial charge in [0.15, 0.2) is 0 Å². The number of anilines is 1. The lowest BCUT2D eigenvalue weighted by atomic mass is 9.91. The van der Waals surface area contributed by atoms with E-state index in [-0.39, 0.29) is 17.1 Å². The van der Waals surface area contributed by atoms with Crippen molar-refractivity contribution in [3.63, 3.8) is 0 Å². The number of nitrogens with two attached hydrogens (primary N) is 1. The first-order valence-corrected chi connectivity index (χ1v) is 7.85. The number of pyridine rings is 1. The molecular weight excluding hydrogens is 314 g/mol. The van der Waals surface area contributed by atoms with Gasteiger partial charge < -0.3 is 15.9 Å². The van der Waals surface area contributed by atoms with Crippen LogP contribution in [0.4, 0.5) is 5.82 Å². The van der Waals surface area contributed by atoms with Crippen LogP contribution in [0.2, 0.25) is 0 Å². The predicted octanol–water partition coefficient (Wildman–Crippen LogP) is 3.84. The molecule has 1 aromatic heterocycles. The highest BCUT2D eigenvalue weighted by molar-refractivity contribution is 5.84. The van der Waals surface area contributed by atoms with Gasteiger partial charge in [0.2, 0.25) is 0 Å². The number of aromatic nitrogens is 1. The van der Waals surface area contributed by atoms with Crippen molar-refractivity contribution in [2.45, 2.75) is 13.3 Å². The van der Waals surface area contributed by atoms with Crippen LogP contribution in [0.25, 0.3) is 22.3 Å². The molecule has 0 aliphatic carbocycles. The SMILES string of the molecule is CCc1c(-c2ccc(O)c(C#N)c2)cnc(N)c1-c1ccc(O)cc1. The zero-order chi connectivity index (χ0) is 18.0. The first-order chi connectivity index (χ1) is 12.0. The first kappa shape index (κ1) is 16.3. The molecule has 1 heterocycles. The maximum absolute atomic E-state index is 9.73. The summed E-state index contributed by atoms with van der Waals surface area (Å²) in [6.07, 6.45) is 2.40. The van der Waals surface area contributed by atoms with Crippen LogP contribution < -0.4 is 5.73 Å². The molecule has 25 heavy (non-hydrogen) atoms. The Labute approximate surface area is 145 Å². The summed E-state index contributed by atoms with van der Waals surface area (Å²) in [7, 11) is 0. The van der Waals surface area contributed by atoms with Crippen LogP contribution in [0.3, 0.4) is 0 Å². The Kier molecular flexibility index (Phi) is 4.27. The van der Waals surface area contributed by atoms with Gasteiger partial charge in [0.25, 0.3) is 0 Å². The lowest BCUT2D eigenvalue weighted by molar-refractivity contribution is 0.473. The molecular formula is C20H17N3O2. The van der Waals surface area contributed by atoms with Crippen LogP contribution >= 0.6 is 0 Å². The van der Waals surface area contributed by atoms with Crippen LogP contribution in [0.5, 0.6) is 11.5 Å². The van der Waals surface area contributed by atoms with Crippen molar-refractivity contribution >= 4 is 5.82 Å². The molecule has 0 fully saturated rings. The fourth-order valence-electron chi connectivity index (χ4n) is 2.93. The van der Waals surface area contributed by atoms with E-state index < -0.39 is 0 Å². The molecule has 2 aromatic carbocycles. The fraction of sp³-hybridized carbons (Fsp3) is 0.100. The quantitative estimate of drug-likeness (QED) is 0.676. The summed E-state index contributed by atoms with van der Waals surface area (Å²) in [6.45, 7) is 2.02. The van der Waals surface area contributed by atoms with Crippen molar-refractivity contribution in [2.24, 2.45) is 0 Å². The highest BCUT2D eigenvalue weighted by Gasteiger charge is 2.16. The molecule has 4 N–H and O–H groups in total. The first-order valence-electron chi connectivity index (χ1n) is 7.85. The number of hydrogen-bond acceptors (Lipinski definition) is 5. The van der Waals surface area contributed by atoms with Crippen molar-refractivity contribution in [3.05, 3.63) is 59.8 Å². The zero-order valence-electron chi connectivity index (χ0n) is 13.7. The Morgan fingerprint density at radius 2 is 1.76 bits per heavy atom. The van der Waals surface area contributed by atoms with Crippen LogP contribution in [-0.4, -0.2) is 15.2 Å². The molecule has 3 aromatic rings. The number of nitriles is 1. The summed E-state index contributed by atoms with van der Waals surface area (Å²) < 4.78 is 0. The lowest BCUT2D eigenvalue weighted by Crippen LogP contribution is -2.01. The minimum atomic E-state index is -0.0496. The highest BCUT2D eigenvalue weighted by Crippen LogP contribution is 2.37. The minimum absolute atomic E-state index is 0.0496. The smallest absolute Gasteiger partial charge is 0.133 e. The van der Waals surface area contributed by atoms with E-state index in [1.807, 2.05) is 13.0 Å². The number of phenolic OH excluding ortho intramolecular Hbond substituents is 2. The molecule has 0 saturated carbocycles. The number of phenols is 2. The Hall–Kier alpha value is -3.52. The van der Waals surface area contributed by atoms with Gasteiger partial charge in [0.05, 0.1) is 5.56 Å². The van der Waals surface area contributed by atoms with E-state index in [0.29, 0.717) is 12.2 Å². The third kappa shape index (κ3) is 2.98. The van der Waals surface area contributed by atoms with Crippen molar-refractivity contribution in [1.82, 2.24) is 4.98 Å². The Bertz CT molecular complexity index is 973. The molecule has 0 unspecified atom stereocenters. The van der Waals surface area contributed by atoms with Crippen molar-refractivity contribution in [3.8, 4) is 39.8 Å². The van der Waals surface area contributed by atoms with Gasteiger partial charge in [-0.25, -0.2) is 4.98 Å².